The third-order valence-electron chi connectivity index (χ3n) is 1.54. The number of hydrogen-bond acceptors (Lipinski definition) is 2. The van der Waals surface area contributed by atoms with Crippen molar-refractivity contribution >= 4 is 5.97 Å². The van der Waals surface area contributed by atoms with Crippen molar-refractivity contribution < 1.29 is 9.53 Å². The molecule has 0 aliphatic carbocycles. The van der Waals surface area contributed by atoms with Crippen molar-refractivity contribution in [1.29, 1.82) is 0 Å². The Kier molecular flexibility index (Phi) is 6.46. The van der Waals surface area contributed by atoms with Crippen LogP contribution in [0.5, 0.6) is 5.75 Å². The molecule has 0 atom stereocenters. The van der Waals surface area contributed by atoms with Crippen molar-refractivity contribution in [1.82, 2.24) is 0 Å². The van der Waals surface area contributed by atoms with Crippen molar-refractivity contribution in [2.45, 2.75) is 34.1 Å². The predicted molar refractivity (Wildman–Crippen MR) is 58.5 cm³/mol. The molecule has 2 heteroatoms. The summed E-state index contributed by atoms with van der Waals surface area (Å²) in [6.45, 7) is 7.77. The maximum atomic E-state index is 10.8. The SMILES string of the molecule is CC.CCC(=O)Oc1ccc(C)cc1. The number of rotatable bonds is 2. The molecule has 0 unspecified atom stereocenters. The van der Waals surface area contributed by atoms with Crippen LogP contribution in [0, 0.1) is 6.92 Å². The van der Waals surface area contributed by atoms with Gasteiger partial charge in [0.2, 0.25) is 0 Å². The van der Waals surface area contributed by atoms with E-state index < -0.39 is 0 Å². The molecule has 1 aromatic carbocycles. The minimum atomic E-state index is -0.196. The predicted octanol–water partition coefficient (Wildman–Crippen LogP) is 3.34. The Bertz CT molecular complexity index is 262. The normalized spacial score (nSPS) is 8.57. The summed E-state index contributed by atoms with van der Waals surface area (Å²) in [5, 5.41) is 0. The smallest absolute Gasteiger partial charge is 0.310 e. The number of carbonyl (C=O) groups excluding carboxylic acids is 1. The zero-order valence-electron chi connectivity index (χ0n) is 9.33. The van der Waals surface area contributed by atoms with Crippen LogP contribution in [-0.4, -0.2) is 5.97 Å². The number of ether oxygens (including phenoxy) is 1. The molecule has 0 heterocycles. The van der Waals surface area contributed by atoms with E-state index in [0.29, 0.717) is 12.2 Å². The molecular formula is C12H18O2. The number of benzene rings is 1. The molecular weight excluding hydrogens is 176 g/mol. The van der Waals surface area contributed by atoms with Crippen molar-refractivity contribution in [3.05, 3.63) is 29.8 Å². The second-order valence-electron chi connectivity index (χ2n) is 2.64. The molecule has 14 heavy (non-hydrogen) atoms. The highest BCUT2D eigenvalue weighted by Gasteiger charge is 1.99. The van der Waals surface area contributed by atoms with Gasteiger partial charge in [-0.2, -0.15) is 0 Å². The lowest BCUT2D eigenvalue weighted by molar-refractivity contribution is -0.134. The van der Waals surface area contributed by atoms with Gasteiger partial charge in [-0.15, -0.1) is 0 Å². The van der Waals surface area contributed by atoms with Crippen LogP contribution in [0.3, 0.4) is 0 Å². The largest absolute Gasteiger partial charge is 0.427 e. The molecule has 2 nitrogen and oxygen atoms in total. The van der Waals surface area contributed by atoms with Crippen LogP contribution in [0.2, 0.25) is 0 Å². The average molecular weight is 194 g/mol. The van der Waals surface area contributed by atoms with Gasteiger partial charge in [0, 0.05) is 6.42 Å². The summed E-state index contributed by atoms with van der Waals surface area (Å²) in [5.74, 6) is 0.423. The van der Waals surface area contributed by atoms with Crippen LogP contribution in [-0.2, 0) is 4.79 Å². The molecule has 0 saturated carbocycles. The van der Waals surface area contributed by atoms with Gasteiger partial charge >= 0.3 is 5.97 Å². The quantitative estimate of drug-likeness (QED) is 0.533. The minimum Gasteiger partial charge on any atom is -0.427 e. The highest BCUT2D eigenvalue weighted by Crippen LogP contribution is 2.11. The van der Waals surface area contributed by atoms with Crippen LogP contribution in [0.15, 0.2) is 24.3 Å². The minimum absolute atomic E-state index is 0.196. The van der Waals surface area contributed by atoms with E-state index in [4.69, 9.17) is 4.74 Å². The lowest BCUT2D eigenvalue weighted by Crippen LogP contribution is -2.05. The Morgan fingerprint density at radius 2 is 1.71 bits per heavy atom. The third-order valence-corrected chi connectivity index (χ3v) is 1.54. The fourth-order valence-corrected chi connectivity index (χ4v) is 0.810. The number of esters is 1. The van der Waals surface area contributed by atoms with E-state index in [0.717, 1.165) is 5.56 Å². The van der Waals surface area contributed by atoms with Gasteiger partial charge in [0.1, 0.15) is 5.75 Å². The van der Waals surface area contributed by atoms with Gasteiger partial charge in [-0.05, 0) is 19.1 Å². The van der Waals surface area contributed by atoms with Crippen LogP contribution >= 0.6 is 0 Å². The van der Waals surface area contributed by atoms with E-state index in [-0.39, 0.29) is 5.97 Å². The maximum absolute atomic E-state index is 10.8. The van der Waals surface area contributed by atoms with Gasteiger partial charge in [0.25, 0.3) is 0 Å². The number of aryl methyl sites for hydroxylation is 1. The molecule has 1 rings (SSSR count). The standard InChI is InChI=1S/C10H12O2.C2H6/c1-3-10(11)12-9-6-4-8(2)5-7-9;1-2/h4-7H,3H2,1-2H3;1-2H3. The third kappa shape index (κ3) is 4.65. The Hall–Kier alpha value is -1.31. The van der Waals surface area contributed by atoms with Crippen LogP contribution in [0.1, 0.15) is 32.8 Å². The van der Waals surface area contributed by atoms with E-state index in [9.17, 15) is 4.79 Å². The highest BCUT2D eigenvalue weighted by atomic mass is 16.5. The maximum Gasteiger partial charge on any atom is 0.310 e. The second kappa shape index (κ2) is 7.13. The zero-order valence-corrected chi connectivity index (χ0v) is 9.33. The Morgan fingerprint density at radius 1 is 1.21 bits per heavy atom. The fourth-order valence-electron chi connectivity index (χ4n) is 0.810. The van der Waals surface area contributed by atoms with Crippen molar-refractivity contribution in [2.24, 2.45) is 0 Å². The topological polar surface area (TPSA) is 26.3 Å². The van der Waals surface area contributed by atoms with Gasteiger partial charge in [-0.3, -0.25) is 4.79 Å². The number of carbonyl (C=O) groups is 1. The molecule has 0 aliphatic rings. The molecule has 0 spiro atoms. The lowest BCUT2D eigenvalue weighted by Gasteiger charge is -2.01. The molecule has 0 aliphatic heterocycles. The van der Waals surface area contributed by atoms with Crippen molar-refractivity contribution in [3.8, 4) is 5.75 Å². The van der Waals surface area contributed by atoms with Gasteiger partial charge in [0.15, 0.2) is 0 Å². The second-order valence-corrected chi connectivity index (χ2v) is 2.64. The van der Waals surface area contributed by atoms with Gasteiger partial charge in [-0.1, -0.05) is 38.5 Å². The molecule has 0 bridgehead atoms. The Balaban J connectivity index is 0.000000791. The molecule has 1 aromatic rings. The zero-order chi connectivity index (χ0) is 11.0. The van der Waals surface area contributed by atoms with E-state index in [1.165, 1.54) is 0 Å². The average Bonchev–Trinajstić information content (AvgIpc) is 2.24. The first kappa shape index (κ1) is 12.7. The molecule has 0 N–H and O–H groups in total. The molecule has 0 aromatic heterocycles. The first-order valence-corrected chi connectivity index (χ1v) is 4.99. The van der Waals surface area contributed by atoms with Crippen LogP contribution < -0.4 is 4.74 Å². The van der Waals surface area contributed by atoms with E-state index in [1.807, 2.05) is 32.9 Å². The van der Waals surface area contributed by atoms with Gasteiger partial charge in [0.05, 0.1) is 0 Å². The van der Waals surface area contributed by atoms with E-state index in [2.05, 4.69) is 0 Å². The summed E-state index contributed by atoms with van der Waals surface area (Å²) in [6.07, 6.45) is 0.411. The summed E-state index contributed by atoms with van der Waals surface area (Å²) in [6, 6.07) is 7.42. The molecule has 0 radical (unpaired) electrons. The fraction of sp³-hybridized carbons (Fsp3) is 0.417. The first-order valence-electron chi connectivity index (χ1n) is 4.99. The monoisotopic (exact) mass is 194 g/mol. The van der Waals surface area contributed by atoms with Crippen molar-refractivity contribution in [2.75, 3.05) is 0 Å². The Morgan fingerprint density at radius 3 is 2.14 bits per heavy atom. The highest BCUT2D eigenvalue weighted by molar-refractivity contribution is 5.71. The van der Waals surface area contributed by atoms with Crippen LogP contribution in [0.4, 0.5) is 0 Å². The van der Waals surface area contributed by atoms with Crippen molar-refractivity contribution in [3.63, 3.8) is 0 Å². The summed E-state index contributed by atoms with van der Waals surface area (Å²) < 4.78 is 4.98. The van der Waals surface area contributed by atoms with Gasteiger partial charge < -0.3 is 4.74 Å². The van der Waals surface area contributed by atoms with E-state index >= 15 is 0 Å². The summed E-state index contributed by atoms with van der Waals surface area (Å²) in [4.78, 5) is 10.8. The Labute approximate surface area is 85.9 Å². The number of hydrogen-bond donors (Lipinski definition) is 0. The molecule has 0 amide bonds. The molecule has 0 saturated heterocycles. The van der Waals surface area contributed by atoms with E-state index in [1.54, 1.807) is 19.1 Å². The van der Waals surface area contributed by atoms with Crippen LogP contribution in [0.25, 0.3) is 0 Å². The summed E-state index contributed by atoms with van der Waals surface area (Å²) in [5.41, 5.74) is 1.16. The summed E-state index contributed by atoms with van der Waals surface area (Å²) in [7, 11) is 0. The molecule has 78 valence electrons. The first-order chi connectivity index (χ1) is 6.72. The summed E-state index contributed by atoms with van der Waals surface area (Å²) >= 11 is 0. The molecule has 0 fully saturated rings. The lowest BCUT2D eigenvalue weighted by atomic mass is 10.2. The van der Waals surface area contributed by atoms with Gasteiger partial charge in [-0.25, -0.2) is 0 Å².